The first-order chi connectivity index (χ1) is 8.24. The largest absolute Gasteiger partial charge is 0.382 e. The zero-order valence-corrected chi connectivity index (χ0v) is 9.26. The number of imidazole rings is 1. The van der Waals surface area contributed by atoms with Gasteiger partial charge in [0.25, 0.3) is 0 Å². The molecule has 0 aliphatic rings. The lowest BCUT2D eigenvalue weighted by Gasteiger charge is -2.03. The molecule has 0 saturated carbocycles. The molecule has 0 aromatic carbocycles. The van der Waals surface area contributed by atoms with Gasteiger partial charge < -0.3 is 16.0 Å². The lowest BCUT2D eigenvalue weighted by atomic mass is 10.4. The Morgan fingerprint density at radius 2 is 2.47 bits per heavy atom. The number of nitrogen functional groups attached to an aromatic ring is 1. The lowest BCUT2D eigenvalue weighted by Crippen LogP contribution is -2.29. The van der Waals surface area contributed by atoms with Gasteiger partial charge in [0.15, 0.2) is 0 Å². The van der Waals surface area contributed by atoms with Crippen LogP contribution in [-0.2, 0) is 17.8 Å². The molecule has 7 nitrogen and oxygen atoms in total. The van der Waals surface area contributed by atoms with E-state index >= 15 is 0 Å². The van der Waals surface area contributed by atoms with Gasteiger partial charge in [0, 0.05) is 31.6 Å². The van der Waals surface area contributed by atoms with Crippen molar-refractivity contribution in [2.24, 2.45) is 0 Å². The minimum Gasteiger partial charge on any atom is -0.382 e. The van der Waals surface area contributed by atoms with Crippen molar-refractivity contribution in [1.82, 2.24) is 25.1 Å². The third-order valence-corrected chi connectivity index (χ3v) is 2.21. The predicted molar refractivity (Wildman–Crippen MR) is 61.9 cm³/mol. The van der Waals surface area contributed by atoms with Gasteiger partial charge >= 0.3 is 0 Å². The molecule has 2 aromatic heterocycles. The summed E-state index contributed by atoms with van der Waals surface area (Å²) in [5, 5.41) is 6.70. The molecular weight excluding hydrogens is 220 g/mol. The van der Waals surface area contributed by atoms with Gasteiger partial charge in [-0.15, -0.1) is 0 Å². The van der Waals surface area contributed by atoms with Crippen LogP contribution in [0, 0.1) is 0 Å². The number of anilines is 1. The van der Waals surface area contributed by atoms with Crippen molar-refractivity contribution in [3.05, 3.63) is 30.5 Å². The first kappa shape index (κ1) is 11.2. The zero-order chi connectivity index (χ0) is 12.1. The first-order valence-electron chi connectivity index (χ1n) is 5.28. The van der Waals surface area contributed by atoms with Crippen LogP contribution in [0.4, 0.5) is 5.82 Å². The van der Waals surface area contributed by atoms with Crippen molar-refractivity contribution in [2.75, 3.05) is 12.3 Å². The molecule has 0 radical (unpaired) electrons. The summed E-state index contributed by atoms with van der Waals surface area (Å²) in [6.45, 7) is 0.721. The van der Waals surface area contributed by atoms with E-state index < -0.39 is 0 Å². The summed E-state index contributed by atoms with van der Waals surface area (Å²) in [6.07, 6.45) is 5.79. The van der Waals surface area contributed by atoms with E-state index in [1.807, 2.05) is 0 Å². The third kappa shape index (κ3) is 3.33. The Morgan fingerprint density at radius 1 is 1.59 bits per heavy atom. The molecule has 17 heavy (non-hydrogen) atoms. The minimum atomic E-state index is -0.0975. The maximum Gasteiger partial charge on any atom is 0.241 e. The maximum absolute atomic E-state index is 11.5. The molecule has 0 unspecified atom stereocenters. The van der Waals surface area contributed by atoms with Crippen LogP contribution in [-0.4, -0.2) is 32.2 Å². The topological polar surface area (TPSA) is 102 Å². The van der Waals surface area contributed by atoms with Crippen LogP contribution in [0.1, 0.15) is 5.82 Å². The molecular formula is C10H14N6O. The molecule has 0 bridgehead atoms. The highest BCUT2D eigenvalue weighted by Crippen LogP contribution is 1.95. The van der Waals surface area contributed by atoms with Crippen LogP contribution < -0.4 is 11.1 Å². The van der Waals surface area contributed by atoms with Gasteiger partial charge in [0.05, 0.1) is 0 Å². The second-order valence-corrected chi connectivity index (χ2v) is 3.57. The van der Waals surface area contributed by atoms with Crippen molar-refractivity contribution in [2.45, 2.75) is 13.0 Å². The van der Waals surface area contributed by atoms with Crippen molar-refractivity contribution < 1.29 is 4.79 Å². The summed E-state index contributed by atoms with van der Waals surface area (Å²) in [6, 6.07) is 1.65. The Balaban J connectivity index is 1.71. The predicted octanol–water partition coefficient (Wildman–Crippen LogP) is -0.453. The number of H-pyrrole nitrogens is 1. The molecule has 4 N–H and O–H groups in total. The normalized spacial score (nSPS) is 10.4. The molecule has 2 heterocycles. The van der Waals surface area contributed by atoms with Crippen LogP contribution in [0.2, 0.25) is 0 Å². The van der Waals surface area contributed by atoms with Gasteiger partial charge in [-0.05, 0) is 6.07 Å². The first-order valence-corrected chi connectivity index (χ1v) is 5.28. The monoisotopic (exact) mass is 234 g/mol. The highest BCUT2D eigenvalue weighted by Gasteiger charge is 2.03. The fraction of sp³-hybridized carbons (Fsp3) is 0.300. The van der Waals surface area contributed by atoms with Crippen LogP contribution in [0.3, 0.4) is 0 Å². The fourth-order valence-corrected chi connectivity index (χ4v) is 1.42. The van der Waals surface area contributed by atoms with Crippen LogP contribution >= 0.6 is 0 Å². The third-order valence-electron chi connectivity index (χ3n) is 2.21. The Labute approximate surface area is 98.0 Å². The van der Waals surface area contributed by atoms with Gasteiger partial charge in [0.2, 0.25) is 5.91 Å². The molecule has 0 aliphatic heterocycles. The quantitative estimate of drug-likeness (QED) is 0.652. The maximum atomic E-state index is 11.5. The molecule has 2 rings (SSSR count). The van der Waals surface area contributed by atoms with Crippen LogP contribution in [0.15, 0.2) is 24.7 Å². The standard InChI is InChI=1S/C10H14N6O/c11-8-2-6-16(15-8)7-10(17)14-3-1-9-12-4-5-13-9/h2,4-6H,1,3,7H2,(H2,11,15)(H,12,13)(H,14,17). The summed E-state index contributed by atoms with van der Waals surface area (Å²) < 4.78 is 1.50. The van der Waals surface area contributed by atoms with E-state index in [0.717, 1.165) is 5.82 Å². The van der Waals surface area contributed by atoms with E-state index in [0.29, 0.717) is 18.8 Å². The van der Waals surface area contributed by atoms with Crippen LogP contribution in [0.5, 0.6) is 0 Å². The smallest absolute Gasteiger partial charge is 0.241 e. The van der Waals surface area contributed by atoms with Crippen LogP contribution in [0.25, 0.3) is 0 Å². The molecule has 0 spiro atoms. The van der Waals surface area contributed by atoms with E-state index in [2.05, 4.69) is 20.4 Å². The van der Waals surface area contributed by atoms with E-state index in [1.165, 1.54) is 4.68 Å². The SMILES string of the molecule is Nc1ccn(CC(=O)NCCc2ncc[nH]2)n1. The highest BCUT2D eigenvalue weighted by molar-refractivity contribution is 5.75. The minimum absolute atomic E-state index is 0.0975. The van der Waals surface area contributed by atoms with Gasteiger partial charge in [0.1, 0.15) is 18.2 Å². The number of carbonyl (C=O) groups is 1. The zero-order valence-electron chi connectivity index (χ0n) is 9.26. The molecule has 2 aromatic rings. The summed E-state index contributed by atoms with van der Waals surface area (Å²) in [5.74, 6) is 1.17. The fourth-order valence-electron chi connectivity index (χ4n) is 1.42. The van der Waals surface area contributed by atoms with Gasteiger partial charge in [-0.25, -0.2) is 4.98 Å². The molecule has 0 fully saturated rings. The molecule has 0 saturated heterocycles. The van der Waals surface area contributed by atoms with Gasteiger partial charge in [-0.1, -0.05) is 0 Å². The Hall–Kier alpha value is -2.31. The average molecular weight is 234 g/mol. The second kappa shape index (κ2) is 5.15. The number of aromatic amines is 1. The summed E-state index contributed by atoms with van der Waals surface area (Å²) in [4.78, 5) is 18.5. The highest BCUT2D eigenvalue weighted by atomic mass is 16.2. The number of hydrogen-bond acceptors (Lipinski definition) is 4. The number of amides is 1. The average Bonchev–Trinajstić information content (AvgIpc) is 2.90. The Morgan fingerprint density at radius 3 is 3.12 bits per heavy atom. The number of nitrogens with zero attached hydrogens (tertiary/aromatic N) is 3. The van der Waals surface area contributed by atoms with Crippen molar-refractivity contribution >= 4 is 11.7 Å². The molecule has 1 amide bonds. The molecule has 0 atom stereocenters. The number of aromatic nitrogens is 4. The van der Waals surface area contributed by atoms with Crippen molar-refractivity contribution in [3.63, 3.8) is 0 Å². The number of nitrogens with one attached hydrogen (secondary N) is 2. The number of nitrogens with two attached hydrogens (primary N) is 1. The number of hydrogen-bond donors (Lipinski definition) is 3. The second-order valence-electron chi connectivity index (χ2n) is 3.57. The van der Waals surface area contributed by atoms with E-state index in [-0.39, 0.29) is 12.5 Å². The summed E-state index contributed by atoms with van der Waals surface area (Å²) in [5.41, 5.74) is 5.44. The van der Waals surface area contributed by atoms with Crippen molar-refractivity contribution in [1.29, 1.82) is 0 Å². The Bertz CT molecular complexity index is 475. The lowest BCUT2D eigenvalue weighted by molar-refractivity contribution is -0.121. The van der Waals surface area contributed by atoms with E-state index in [9.17, 15) is 4.79 Å². The van der Waals surface area contributed by atoms with E-state index in [1.54, 1.807) is 24.7 Å². The van der Waals surface area contributed by atoms with E-state index in [4.69, 9.17) is 5.73 Å². The summed E-state index contributed by atoms with van der Waals surface area (Å²) >= 11 is 0. The van der Waals surface area contributed by atoms with Gasteiger partial charge in [-0.3, -0.25) is 9.48 Å². The number of carbonyl (C=O) groups excluding carboxylic acids is 1. The summed E-state index contributed by atoms with van der Waals surface area (Å²) in [7, 11) is 0. The number of rotatable bonds is 5. The molecule has 7 heteroatoms. The Kier molecular flexibility index (Phi) is 3.39. The van der Waals surface area contributed by atoms with Gasteiger partial charge in [-0.2, -0.15) is 5.10 Å². The molecule has 90 valence electrons. The van der Waals surface area contributed by atoms with Crippen molar-refractivity contribution in [3.8, 4) is 0 Å². The molecule has 0 aliphatic carbocycles.